The van der Waals surface area contributed by atoms with Crippen LogP contribution in [0.2, 0.25) is 0 Å². The maximum absolute atomic E-state index is 9.31. The van der Waals surface area contributed by atoms with E-state index in [9.17, 15) is 5.11 Å². The minimum atomic E-state index is 0.274. The smallest absolute Gasteiger partial charge is 0.225 e. The summed E-state index contributed by atoms with van der Waals surface area (Å²) in [5.74, 6) is 1.18. The summed E-state index contributed by atoms with van der Waals surface area (Å²) in [7, 11) is 0. The Labute approximate surface area is 159 Å². The van der Waals surface area contributed by atoms with E-state index in [4.69, 9.17) is 4.98 Å². The third-order valence-corrected chi connectivity index (χ3v) is 5.29. The van der Waals surface area contributed by atoms with Gasteiger partial charge in [-0.05, 0) is 44.7 Å². The van der Waals surface area contributed by atoms with Crippen molar-refractivity contribution in [2.24, 2.45) is 5.92 Å². The molecule has 0 bridgehead atoms. The fourth-order valence-corrected chi connectivity index (χ4v) is 3.62. The lowest BCUT2D eigenvalue weighted by molar-refractivity contribution is 0.202. The van der Waals surface area contributed by atoms with Crippen LogP contribution in [0.1, 0.15) is 44.1 Å². The van der Waals surface area contributed by atoms with Gasteiger partial charge < -0.3 is 14.6 Å². The highest BCUT2D eigenvalue weighted by Crippen LogP contribution is 2.21. The number of aromatic nitrogens is 5. The zero-order chi connectivity index (χ0) is 18.8. The molecule has 3 aromatic rings. The standard InChI is InChI=1S/C20H26N6O/c1-14(2)26-13-23-18-11-22-17(10-19(18)26)9-16-3-6-21-20(24-16)25-7-4-15(12-27)5-8-25/h3,6,10-11,13-15,27H,4-5,7-9,12H2,1-2H3. The second kappa shape index (κ2) is 7.60. The Balaban J connectivity index is 1.53. The molecule has 27 heavy (non-hydrogen) atoms. The average Bonchev–Trinajstić information content (AvgIpc) is 3.12. The van der Waals surface area contributed by atoms with Crippen molar-refractivity contribution in [3.63, 3.8) is 0 Å². The van der Waals surface area contributed by atoms with Crippen LogP contribution < -0.4 is 4.90 Å². The number of aliphatic hydroxyl groups excluding tert-OH is 1. The highest BCUT2D eigenvalue weighted by molar-refractivity contribution is 5.74. The minimum absolute atomic E-state index is 0.274. The Morgan fingerprint density at radius 1 is 1.15 bits per heavy atom. The first kappa shape index (κ1) is 17.9. The molecule has 0 saturated carbocycles. The molecule has 7 heteroatoms. The van der Waals surface area contributed by atoms with Crippen LogP contribution in [0.3, 0.4) is 0 Å². The first-order valence-electron chi connectivity index (χ1n) is 9.63. The van der Waals surface area contributed by atoms with E-state index in [1.54, 1.807) is 0 Å². The normalized spacial score (nSPS) is 15.8. The molecule has 1 aliphatic rings. The van der Waals surface area contributed by atoms with Crippen LogP contribution in [0.4, 0.5) is 5.95 Å². The molecular weight excluding hydrogens is 340 g/mol. The average molecular weight is 366 g/mol. The van der Waals surface area contributed by atoms with Gasteiger partial charge in [0.2, 0.25) is 5.95 Å². The summed E-state index contributed by atoms with van der Waals surface area (Å²) in [4.78, 5) is 20.4. The molecule has 0 spiro atoms. The van der Waals surface area contributed by atoms with Gasteiger partial charge in [0.05, 0.1) is 23.7 Å². The first-order chi connectivity index (χ1) is 13.1. The molecule has 4 rings (SSSR count). The predicted molar refractivity (Wildman–Crippen MR) is 105 cm³/mol. The Bertz CT molecular complexity index is 914. The molecule has 3 aromatic heterocycles. The summed E-state index contributed by atoms with van der Waals surface area (Å²) in [5, 5.41) is 9.31. The summed E-state index contributed by atoms with van der Waals surface area (Å²) in [6, 6.07) is 4.42. The molecule has 4 heterocycles. The number of fused-ring (bicyclic) bond motifs is 1. The number of piperidine rings is 1. The van der Waals surface area contributed by atoms with Crippen molar-refractivity contribution in [1.82, 2.24) is 24.5 Å². The maximum atomic E-state index is 9.31. The summed E-state index contributed by atoms with van der Waals surface area (Å²) in [6.45, 7) is 6.37. The number of hydrogen-bond acceptors (Lipinski definition) is 6. The molecule has 0 unspecified atom stereocenters. The first-order valence-corrected chi connectivity index (χ1v) is 9.63. The molecule has 1 N–H and O–H groups in total. The van der Waals surface area contributed by atoms with E-state index in [1.165, 1.54) is 0 Å². The summed E-state index contributed by atoms with van der Waals surface area (Å²) < 4.78 is 2.16. The van der Waals surface area contributed by atoms with E-state index in [0.29, 0.717) is 18.4 Å². The number of imidazole rings is 1. The van der Waals surface area contributed by atoms with Gasteiger partial charge in [-0.15, -0.1) is 0 Å². The number of pyridine rings is 1. The van der Waals surface area contributed by atoms with Gasteiger partial charge in [0.25, 0.3) is 0 Å². The molecule has 0 aromatic carbocycles. The Morgan fingerprint density at radius 3 is 2.70 bits per heavy atom. The molecule has 142 valence electrons. The summed E-state index contributed by atoms with van der Waals surface area (Å²) >= 11 is 0. The van der Waals surface area contributed by atoms with E-state index in [-0.39, 0.29) is 6.61 Å². The van der Waals surface area contributed by atoms with E-state index in [2.05, 4.69) is 44.3 Å². The molecule has 7 nitrogen and oxygen atoms in total. The number of anilines is 1. The molecule has 1 saturated heterocycles. The largest absolute Gasteiger partial charge is 0.396 e. The molecule has 0 aliphatic carbocycles. The van der Waals surface area contributed by atoms with Crippen molar-refractivity contribution in [1.29, 1.82) is 0 Å². The van der Waals surface area contributed by atoms with Gasteiger partial charge in [0.1, 0.15) is 5.52 Å². The number of rotatable bonds is 5. The van der Waals surface area contributed by atoms with Crippen molar-refractivity contribution in [3.05, 3.63) is 42.2 Å². The van der Waals surface area contributed by atoms with Crippen molar-refractivity contribution in [2.75, 3.05) is 24.6 Å². The molecule has 0 atom stereocenters. The lowest BCUT2D eigenvalue weighted by atomic mass is 9.98. The van der Waals surface area contributed by atoms with Gasteiger partial charge in [-0.2, -0.15) is 0 Å². The van der Waals surface area contributed by atoms with Gasteiger partial charge in [0, 0.05) is 44.0 Å². The van der Waals surface area contributed by atoms with Crippen molar-refractivity contribution < 1.29 is 5.11 Å². The topological polar surface area (TPSA) is 80.0 Å². The molecule has 1 aliphatic heterocycles. The number of aliphatic hydroxyl groups is 1. The van der Waals surface area contributed by atoms with Gasteiger partial charge in [-0.1, -0.05) is 0 Å². The zero-order valence-electron chi connectivity index (χ0n) is 15.9. The summed E-state index contributed by atoms with van der Waals surface area (Å²) in [6.07, 6.45) is 8.18. The highest BCUT2D eigenvalue weighted by Gasteiger charge is 2.20. The SMILES string of the molecule is CC(C)n1cnc2cnc(Cc3ccnc(N4CCC(CO)CC4)n3)cc21. The van der Waals surface area contributed by atoms with Crippen LogP contribution in [0.5, 0.6) is 0 Å². The van der Waals surface area contributed by atoms with Crippen molar-refractivity contribution in [2.45, 2.75) is 39.2 Å². The summed E-state index contributed by atoms with van der Waals surface area (Å²) in [5.41, 5.74) is 3.97. The van der Waals surface area contributed by atoms with Gasteiger partial charge in [0.15, 0.2) is 0 Å². The quantitative estimate of drug-likeness (QED) is 0.748. The van der Waals surface area contributed by atoms with Gasteiger partial charge in [-0.25, -0.2) is 15.0 Å². The van der Waals surface area contributed by atoms with Crippen LogP contribution in [-0.2, 0) is 6.42 Å². The Morgan fingerprint density at radius 2 is 1.96 bits per heavy atom. The Hall–Kier alpha value is -2.54. The lowest BCUT2D eigenvalue weighted by Crippen LogP contribution is -2.35. The van der Waals surface area contributed by atoms with E-state index < -0.39 is 0 Å². The molecular formula is C20H26N6O. The lowest BCUT2D eigenvalue weighted by Gasteiger charge is -2.31. The van der Waals surface area contributed by atoms with Crippen LogP contribution >= 0.6 is 0 Å². The van der Waals surface area contributed by atoms with Crippen molar-refractivity contribution in [3.8, 4) is 0 Å². The van der Waals surface area contributed by atoms with Crippen LogP contribution in [0, 0.1) is 5.92 Å². The maximum Gasteiger partial charge on any atom is 0.225 e. The monoisotopic (exact) mass is 366 g/mol. The van der Waals surface area contributed by atoms with Crippen LogP contribution in [0.15, 0.2) is 30.9 Å². The Kier molecular flexibility index (Phi) is 5.03. The van der Waals surface area contributed by atoms with E-state index in [1.807, 2.05) is 24.8 Å². The molecule has 1 fully saturated rings. The fraction of sp³-hybridized carbons (Fsp3) is 0.500. The van der Waals surface area contributed by atoms with E-state index in [0.717, 1.165) is 54.3 Å². The van der Waals surface area contributed by atoms with Crippen LogP contribution in [-0.4, -0.2) is 49.3 Å². The molecule has 0 amide bonds. The highest BCUT2D eigenvalue weighted by atomic mass is 16.3. The van der Waals surface area contributed by atoms with Crippen LogP contribution in [0.25, 0.3) is 11.0 Å². The number of nitrogens with zero attached hydrogens (tertiary/aromatic N) is 6. The second-order valence-electron chi connectivity index (χ2n) is 7.55. The third kappa shape index (κ3) is 3.78. The zero-order valence-corrected chi connectivity index (χ0v) is 15.9. The fourth-order valence-electron chi connectivity index (χ4n) is 3.62. The predicted octanol–water partition coefficient (Wildman–Crippen LogP) is 2.60. The minimum Gasteiger partial charge on any atom is -0.396 e. The number of hydrogen-bond donors (Lipinski definition) is 1. The van der Waals surface area contributed by atoms with Crippen molar-refractivity contribution >= 4 is 17.0 Å². The van der Waals surface area contributed by atoms with Gasteiger partial charge in [-0.3, -0.25) is 4.98 Å². The molecule has 0 radical (unpaired) electrons. The van der Waals surface area contributed by atoms with Gasteiger partial charge >= 0.3 is 0 Å². The second-order valence-corrected chi connectivity index (χ2v) is 7.55. The van der Waals surface area contributed by atoms with E-state index >= 15 is 0 Å². The third-order valence-electron chi connectivity index (χ3n) is 5.29.